The monoisotopic (exact) mass is 518 g/mol. The van der Waals surface area contributed by atoms with Crippen LogP contribution in [0.5, 0.6) is 0 Å². The maximum Gasteiger partial charge on any atom is 0.282 e. The van der Waals surface area contributed by atoms with E-state index in [4.69, 9.17) is 4.43 Å². The molecule has 4 rings (SSSR count). The Labute approximate surface area is 221 Å². The summed E-state index contributed by atoms with van der Waals surface area (Å²) in [5.41, 5.74) is 1.11. The first kappa shape index (κ1) is 26.6. The van der Waals surface area contributed by atoms with Crippen LogP contribution in [0.3, 0.4) is 0 Å². The van der Waals surface area contributed by atoms with Crippen LogP contribution < -0.4 is 10.4 Å². The SMILES string of the molecule is Cc1cc(SC2CCC(CO[Si](c3ccccc3)c3ccccc3)CC2C(C)(C)C)ccc1[N+](=O)[O-]. The van der Waals surface area contributed by atoms with Gasteiger partial charge in [-0.25, -0.2) is 0 Å². The van der Waals surface area contributed by atoms with Crippen molar-refractivity contribution in [2.45, 2.75) is 57.1 Å². The highest BCUT2D eigenvalue weighted by Gasteiger charge is 2.38. The topological polar surface area (TPSA) is 52.4 Å². The minimum atomic E-state index is -1.29. The number of thioether (sulfide) groups is 1. The van der Waals surface area contributed by atoms with Crippen LogP contribution in [0.4, 0.5) is 5.69 Å². The number of benzene rings is 3. The Morgan fingerprint density at radius 1 is 0.972 bits per heavy atom. The van der Waals surface area contributed by atoms with E-state index in [0.29, 0.717) is 17.1 Å². The van der Waals surface area contributed by atoms with Gasteiger partial charge in [-0.1, -0.05) is 81.4 Å². The lowest BCUT2D eigenvalue weighted by molar-refractivity contribution is -0.385. The summed E-state index contributed by atoms with van der Waals surface area (Å²) in [7, 11) is -1.29. The van der Waals surface area contributed by atoms with Crippen molar-refractivity contribution in [3.8, 4) is 0 Å². The minimum Gasteiger partial charge on any atom is -0.407 e. The molecule has 3 unspecified atom stereocenters. The number of rotatable bonds is 8. The second-order valence-corrected chi connectivity index (χ2v) is 14.3. The van der Waals surface area contributed by atoms with Gasteiger partial charge in [-0.2, -0.15) is 0 Å². The third kappa shape index (κ3) is 6.66. The maximum atomic E-state index is 11.2. The highest BCUT2D eigenvalue weighted by atomic mass is 32.2. The molecule has 0 saturated heterocycles. The van der Waals surface area contributed by atoms with Crippen molar-refractivity contribution in [2.75, 3.05) is 6.61 Å². The van der Waals surface area contributed by atoms with E-state index in [1.54, 1.807) is 6.07 Å². The molecule has 1 aliphatic rings. The van der Waals surface area contributed by atoms with Crippen molar-refractivity contribution in [1.29, 1.82) is 0 Å². The van der Waals surface area contributed by atoms with Gasteiger partial charge in [0.25, 0.3) is 14.7 Å². The van der Waals surface area contributed by atoms with Crippen LogP contribution in [-0.4, -0.2) is 25.8 Å². The fourth-order valence-electron chi connectivity index (χ4n) is 5.23. The lowest BCUT2D eigenvalue weighted by Gasteiger charge is -2.43. The standard InChI is InChI=1S/C30H36NO3SSi/c1-22-19-24(16-17-28(22)31(32)33)35-29-18-15-23(20-27(29)30(2,3)4)21-34-36(25-11-7-5-8-12-25)26-13-9-6-10-14-26/h5-14,16-17,19,23,27,29H,15,18,20-21H2,1-4H3. The van der Waals surface area contributed by atoms with Gasteiger partial charge in [0.1, 0.15) is 0 Å². The van der Waals surface area contributed by atoms with Crippen molar-refractivity contribution >= 4 is 36.9 Å². The summed E-state index contributed by atoms with van der Waals surface area (Å²) in [6.07, 6.45) is 3.43. The van der Waals surface area contributed by atoms with Crippen molar-refractivity contribution in [3.63, 3.8) is 0 Å². The highest BCUT2D eigenvalue weighted by Crippen LogP contribution is 2.47. The van der Waals surface area contributed by atoms with E-state index in [-0.39, 0.29) is 16.0 Å². The van der Waals surface area contributed by atoms with Crippen LogP contribution in [0.25, 0.3) is 0 Å². The van der Waals surface area contributed by atoms with Crippen LogP contribution in [0.1, 0.15) is 45.6 Å². The average molecular weight is 519 g/mol. The number of hydrogen-bond donors (Lipinski definition) is 0. The molecule has 6 heteroatoms. The van der Waals surface area contributed by atoms with Gasteiger partial charge in [-0.15, -0.1) is 11.8 Å². The zero-order valence-electron chi connectivity index (χ0n) is 21.6. The first-order valence-corrected chi connectivity index (χ1v) is 15.0. The molecule has 3 aromatic rings. The molecule has 3 atom stereocenters. The Morgan fingerprint density at radius 3 is 2.11 bits per heavy atom. The molecule has 0 amide bonds. The van der Waals surface area contributed by atoms with Crippen LogP contribution in [0.2, 0.25) is 0 Å². The third-order valence-electron chi connectivity index (χ3n) is 7.20. The van der Waals surface area contributed by atoms with E-state index in [9.17, 15) is 10.1 Å². The molecular weight excluding hydrogens is 482 g/mol. The third-order valence-corrected chi connectivity index (χ3v) is 10.8. The molecule has 4 nitrogen and oxygen atoms in total. The summed E-state index contributed by atoms with van der Waals surface area (Å²) in [6, 6.07) is 26.9. The summed E-state index contributed by atoms with van der Waals surface area (Å²) < 4.78 is 6.75. The lowest BCUT2D eigenvalue weighted by Crippen LogP contribution is -2.46. The van der Waals surface area contributed by atoms with Crippen molar-refractivity contribution < 1.29 is 9.35 Å². The molecule has 1 saturated carbocycles. The Morgan fingerprint density at radius 2 is 1.58 bits per heavy atom. The quantitative estimate of drug-likeness (QED) is 0.190. The maximum absolute atomic E-state index is 11.2. The van der Waals surface area contributed by atoms with E-state index < -0.39 is 9.04 Å². The predicted octanol–water partition coefficient (Wildman–Crippen LogP) is 6.65. The van der Waals surface area contributed by atoms with E-state index in [2.05, 4.69) is 81.4 Å². The summed E-state index contributed by atoms with van der Waals surface area (Å²) in [5.74, 6) is 1.08. The second-order valence-electron chi connectivity index (χ2n) is 10.9. The van der Waals surface area contributed by atoms with Gasteiger partial charge in [-0.3, -0.25) is 10.1 Å². The van der Waals surface area contributed by atoms with Crippen LogP contribution in [0.15, 0.2) is 83.8 Å². The van der Waals surface area contributed by atoms with Crippen LogP contribution >= 0.6 is 11.8 Å². The zero-order chi connectivity index (χ0) is 25.7. The fourth-order valence-corrected chi connectivity index (χ4v) is 8.97. The predicted molar refractivity (Wildman–Crippen MR) is 152 cm³/mol. The van der Waals surface area contributed by atoms with Gasteiger partial charge in [0.05, 0.1) is 4.92 Å². The first-order valence-electron chi connectivity index (χ1n) is 12.7. The van der Waals surface area contributed by atoms with Crippen molar-refractivity contribution in [2.24, 2.45) is 17.3 Å². The molecule has 0 spiro atoms. The summed E-state index contributed by atoms with van der Waals surface area (Å²) in [6.45, 7) is 9.66. The Bertz CT molecular complexity index is 1110. The van der Waals surface area contributed by atoms with E-state index in [1.807, 2.05) is 30.8 Å². The molecule has 0 bridgehead atoms. The Kier molecular flexibility index (Phi) is 8.70. The molecule has 0 aliphatic heterocycles. The van der Waals surface area contributed by atoms with Gasteiger partial charge >= 0.3 is 0 Å². The molecule has 36 heavy (non-hydrogen) atoms. The number of nitro benzene ring substituents is 1. The van der Waals surface area contributed by atoms with Crippen molar-refractivity contribution in [3.05, 3.63) is 94.5 Å². The van der Waals surface area contributed by atoms with Gasteiger partial charge in [0.15, 0.2) is 0 Å². The average Bonchev–Trinajstić information content (AvgIpc) is 2.85. The molecule has 3 aromatic carbocycles. The largest absolute Gasteiger partial charge is 0.407 e. The van der Waals surface area contributed by atoms with Gasteiger partial charge in [-0.05, 0) is 65.9 Å². The molecule has 1 radical (unpaired) electrons. The Hall–Kier alpha value is -2.41. The van der Waals surface area contributed by atoms with Gasteiger partial charge in [0.2, 0.25) is 0 Å². The number of nitrogens with zero attached hydrogens (tertiary/aromatic N) is 1. The normalized spacial score (nSPS) is 20.4. The lowest BCUT2D eigenvalue weighted by atomic mass is 9.69. The molecule has 0 heterocycles. The van der Waals surface area contributed by atoms with E-state index in [1.165, 1.54) is 10.4 Å². The van der Waals surface area contributed by atoms with E-state index in [0.717, 1.165) is 36.3 Å². The van der Waals surface area contributed by atoms with Gasteiger partial charge in [0, 0.05) is 28.4 Å². The van der Waals surface area contributed by atoms with Crippen molar-refractivity contribution in [1.82, 2.24) is 0 Å². The molecule has 189 valence electrons. The fraction of sp³-hybridized carbons (Fsp3) is 0.400. The Balaban J connectivity index is 1.45. The highest BCUT2D eigenvalue weighted by molar-refractivity contribution is 8.00. The zero-order valence-corrected chi connectivity index (χ0v) is 23.5. The van der Waals surface area contributed by atoms with Crippen LogP contribution in [-0.2, 0) is 4.43 Å². The van der Waals surface area contributed by atoms with E-state index >= 15 is 0 Å². The molecule has 1 aliphatic carbocycles. The molecule has 0 N–H and O–H groups in total. The second kappa shape index (κ2) is 11.8. The number of hydrogen-bond acceptors (Lipinski definition) is 4. The minimum absolute atomic E-state index is 0.179. The molecular formula is C30H36NO3SSi. The number of nitro groups is 1. The summed E-state index contributed by atoms with van der Waals surface area (Å²) in [4.78, 5) is 12.1. The number of aryl methyl sites for hydroxylation is 1. The molecule has 1 fully saturated rings. The van der Waals surface area contributed by atoms with Gasteiger partial charge < -0.3 is 4.43 Å². The smallest absolute Gasteiger partial charge is 0.282 e. The first-order chi connectivity index (χ1) is 17.2. The van der Waals surface area contributed by atoms with Crippen LogP contribution in [0, 0.1) is 34.3 Å². The molecule has 0 aromatic heterocycles. The summed E-state index contributed by atoms with van der Waals surface area (Å²) >= 11 is 1.90. The summed E-state index contributed by atoms with van der Waals surface area (Å²) in [5, 5.41) is 14.3.